The Morgan fingerprint density at radius 3 is 1.81 bits per heavy atom. The van der Waals surface area contributed by atoms with E-state index in [2.05, 4.69) is 71.7 Å². The molecule has 5 aromatic heterocycles. The SMILES string of the molecule is C=CC(C)=O.CCOC(CCCN)OCC.CSC(=N)c1cccs1.I.NC(=Nc1ccc2[nH]cc(C3=CCN4CCCC4C3)c2c1)c1cccs1.O=C1CCN2CCCC2C1.O=[N+]([O-])c1ccc2[nH]cc(C3=CCN4CCCC4C3)c2c1.O=[N+]([O-])c1ccc2[nH]ccc2c1. The highest BCUT2D eigenvalue weighted by Gasteiger charge is 2.32. The summed E-state index contributed by atoms with van der Waals surface area (Å²) in [5.41, 5.74) is 21.0. The van der Waals surface area contributed by atoms with E-state index in [0.29, 0.717) is 48.5 Å². The van der Waals surface area contributed by atoms with E-state index in [4.69, 9.17) is 26.4 Å². The smallest absolute Gasteiger partial charge is 0.270 e. The number of carbonyl (C=O) groups is 2. The number of Topliss-reactive ketones (excluding diaryl/α,β-unsaturated/α-hetero) is 1. The van der Waals surface area contributed by atoms with Gasteiger partial charge in [0.05, 0.1) is 25.3 Å². The molecule has 0 saturated carbocycles. The number of H-pyrrole nitrogens is 3. The highest BCUT2D eigenvalue weighted by atomic mass is 127. The van der Waals surface area contributed by atoms with E-state index < -0.39 is 4.92 Å². The van der Waals surface area contributed by atoms with Crippen molar-refractivity contribution < 1.29 is 28.9 Å². The molecule has 0 radical (unpaired) electrons. The number of piperidine rings is 1. The summed E-state index contributed by atoms with van der Waals surface area (Å²) in [6.07, 6.45) is 27.2. The molecular formula is C71H91IN12O8S3. The maximum Gasteiger partial charge on any atom is 0.270 e. The quantitative estimate of drug-likeness (QED) is 0.0106. The number of hydrogen-bond acceptors (Lipinski definition) is 17. The third-order valence-corrected chi connectivity index (χ3v) is 19.8. The molecule has 24 heteroatoms. The Morgan fingerprint density at radius 1 is 0.758 bits per heavy atom. The number of nitro benzene ring substituents is 2. The lowest BCUT2D eigenvalue weighted by atomic mass is 9.94. The van der Waals surface area contributed by atoms with Crippen molar-refractivity contribution in [1.29, 1.82) is 5.41 Å². The minimum absolute atomic E-state index is 0. The van der Waals surface area contributed by atoms with Crippen molar-refractivity contribution in [3.63, 3.8) is 0 Å². The van der Waals surface area contributed by atoms with Crippen molar-refractivity contribution in [2.75, 3.05) is 65.3 Å². The zero-order valence-corrected chi connectivity index (χ0v) is 59.6. The fourth-order valence-corrected chi connectivity index (χ4v) is 14.3. The standard InChI is InChI=1S/C21H22N4S.C16H17N3O2.C8H6N2O2.C8H19NO2.C8H13NO.C6H7NS2.C4H6O.HI/c22-21(20-4-2-10-26-20)24-15-5-6-19-17(12-15)18(13-23-19)14-7-9-25-8-1-3-16(25)11-14;20-19(21)13-3-4-16-14(9-13)15(10-17-16)11-5-7-18-6-1-2-12(18)8-11;11-10(12)7-1-2-8-6(5-7)3-4-9-8;1-3-10-8(11-4-2)6-5-7-9;10-8-3-5-9-4-1-2-7(9)6-8;1-8-6(7)5-3-2-4-9-5;1-3-4(2)5;/h2,4-7,10,12-13,16,23H,1,3,8-9,11H2,(H2,22,24);3-5,9-10,12,17H,1-2,6-8H2;1-5,9H;8H,3-7,9H2,1-2H3;7H,1-6H2;2-4,7H,1H3;3H,1H2,2H3;1H. The van der Waals surface area contributed by atoms with Crippen LogP contribution < -0.4 is 11.5 Å². The number of hydrogen-bond donors (Lipinski definition) is 6. The van der Waals surface area contributed by atoms with Crippen LogP contribution in [0.15, 0.2) is 144 Å². The summed E-state index contributed by atoms with van der Waals surface area (Å²) < 4.78 is 10.6. The number of thioether (sulfide) groups is 1. The van der Waals surface area contributed by atoms with E-state index in [0.717, 1.165) is 113 Å². The van der Waals surface area contributed by atoms with E-state index >= 15 is 0 Å². The van der Waals surface area contributed by atoms with Crippen LogP contribution in [0.1, 0.15) is 119 Å². The molecule has 11 heterocycles. The number of allylic oxidation sites excluding steroid dienone is 1. The number of benzene rings is 3. The fourth-order valence-electron chi connectivity index (χ4n) is 12.4. The highest BCUT2D eigenvalue weighted by molar-refractivity contribution is 14.0. The molecule has 8 aromatic rings. The number of ketones is 2. The topological polar surface area (TPSA) is 284 Å². The average molecular weight is 1460 g/mol. The van der Waals surface area contributed by atoms with Crippen molar-refractivity contribution >= 4 is 142 Å². The van der Waals surface area contributed by atoms with Crippen molar-refractivity contribution in [3.05, 3.63) is 180 Å². The van der Waals surface area contributed by atoms with Crippen LogP contribution in [0.25, 0.3) is 43.9 Å². The second-order valence-corrected chi connectivity index (χ2v) is 26.2. The van der Waals surface area contributed by atoms with E-state index in [9.17, 15) is 29.8 Å². The number of amidine groups is 1. The van der Waals surface area contributed by atoms with E-state index in [1.54, 1.807) is 59.2 Å². The van der Waals surface area contributed by atoms with Gasteiger partial charge in [0, 0.05) is 151 Å². The number of rotatable bonds is 15. The van der Waals surface area contributed by atoms with Gasteiger partial charge in [-0.2, -0.15) is 0 Å². The summed E-state index contributed by atoms with van der Waals surface area (Å²) in [5.74, 6) is 1.07. The Balaban J connectivity index is 0.000000166. The number of nitrogens with one attached hydrogen (secondary N) is 4. The monoisotopic (exact) mass is 1460 g/mol. The van der Waals surface area contributed by atoms with Gasteiger partial charge >= 0.3 is 0 Å². The number of aromatic amines is 3. The second-order valence-electron chi connectivity index (χ2n) is 23.5. The maximum absolute atomic E-state index is 11.0. The lowest BCUT2D eigenvalue weighted by molar-refractivity contribution is -0.384. The van der Waals surface area contributed by atoms with Crippen LogP contribution in [0.2, 0.25) is 0 Å². The Hall–Kier alpha value is -6.98. The number of nitrogens with zero attached hydrogens (tertiary/aromatic N) is 6. The summed E-state index contributed by atoms with van der Waals surface area (Å²) in [6, 6.07) is 27.8. The van der Waals surface area contributed by atoms with Gasteiger partial charge in [0.15, 0.2) is 12.1 Å². The van der Waals surface area contributed by atoms with Gasteiger partial charge in [0.1, 0.15) is 16.7 Å². The number of aliphatic imine (C=N–C) groups is 1. The molecular weight excluding hydrogens is 1370 g/mol. The molecule has 0 amide bonds. The Bertz CT molecular complexity index is 3870. The van der Waals surface area contributed by atoms with Gasteiger partial charge in [-0.15, -0.1) is 58.4 Å². The summed E-state index contributed by atoms with van der Waals surface area (Å²) in [4.78, 5) is 65.2. The number of nitro groups is 2. The van der Waals surface area contributed by atoms with Crippen molar-refractivity contribution in [3.8, 4) is 0 Å². The highest BCUT2D eigenvalue weighted by Crippen LogP contribution is 2.38. The maximum atomic E-state index is 11.0. The van der Waals surface area contributed by atoms with E-state index in [1.165, 1.54) is 111 Å². The minimum Gasteiger partial charge on any atom is -0.383 e. The van der Waals surface area contributed by atoms with Crippen molar-refractivity contribution in [1.82, 2.24) is 29.7 Å². The minimum atomic E-state index is -0.396. The van der Waals surface area contributed by atoms with Gasteiger partial charge in [-0.05, 0) is 194 Å². The number of thiophene rings is 2. The molecule has 95 heavy (non-hydrogen) atoms. The molecule has 3 atom stereocenters. The molecule has 3 unspecified atom stereocenters. The molecule has 14 rings (SSSR count). The van der Waals surface area contributed by atoms with Gasteiger partial charge in [0.25, 0.3) is 11.4 Å². The summed E-state index contributed by atoms with van der Waals surface area (Å²) >= 11 is 4.70. The van der Waals surface area contributed by atoms with Crippen LogP contribution in [-0.4, -0.2) is 152 Å². The number of aromatic nitrogens is 3. The van der Waals surface area contributed by atoms with Gasteiger partial charge in [-0.1, -0.05) is 30.9 Å². The molecule has 508 valence electrons. The number of halogens is 1. The van der Waals surface area contributed by atoms with Gasteiger partial charge in [-0.25, -0.2) is 4.99 Å². The second kappa shape index (κ2) is 38.7. The first-order valence-electron chi connectivity index (χ1n) is 32.4. The van der Waals surface area contributed by atoms with Crippen LogP contribution in [0, 0.1) is 25.6 Å². The largest absolute Gasteiger partial charge is 0.383 e. The molecule has 6 aliphatic heterocycles. The first-order chi connectivity index (χ1) is 45.6. The first kappa shape index (κ1) is 75.4. The average Bonchev–Trinajstić information content (AvgIpc) is 1.67. The lowest BCUT2D eigenvalue weighted by Crippen LogP contribution is -2.37. The number of ether oxygens (including phenoxy) is 2. The molecule has 3 aromatic carbocycles. The molecule has 0 spiro atoms. The molecule has 0 bridgehead atoms. The third kappa shape index (κ3) is 22.0. The summed E-state index contributed by atoms with van der Waals surface area (Å²) in [6.45, 7) is 17.5. The van der Waals surface area contributed by atoms with Crippen LogP contribution in [0.4, 0.5) is 17.1 Å². The van der Waals surface area contributed by atoms with Gasteiger partial charge in [0.2, 0.25) is 0 Å². The van der Waals surface area contributed by atoms with Crippen molar-refractivity contribution in [2.24, 2.45) is 16.5 Å². The summed E-state index contributed by atoms with van der Waals surface area (Å²) in [7, 11) is 0. The van der Waals surface area contributed by atoms with E-state index in [-0.39, 0.29) is 52.3 Å². The molecule has 20 nitrogen and oxygen atoms in total. The molecule has 4 saturated heterocycles. The van der Waals surface area contributed by atoms with Crippen LogP contribution in [-0.2, 0) is 19.1 Å². The van der Waals surface area contributed by atoms with Crippen LogP contribution in [0.5, 0.6) is 0 Å². The fraction of sp³-hybridized carbons (Fsp3) is 0.408. The third-order valence-electron chi connectivity index (χ3n) is 17.3. The zero-order valence-electron chi connectivity index (χ0n) is 54.8. The first-order valence-corrected chi connectivity index (χ1v) is 35.4. The molecule has 8 N–H and O–H groups in total. The van der Waals surface area contributed by atoms with Crippen LogP contribution >= 0.6 is 58.4 Å². The van der Waals surface area contributed by atoms with E-state index in [1.807, 2.05) is 73.5 Å². The summed E-state index contributed by atoms with van der Waals surface area (Å²) in [5, 5.41) is 36.4. The molecule has 0 aliphatic carbocycles. The normalized spacial score (nSPS) is 18.1. The van der Waals surface area contributed by atoms with Gasteiger partial charge in [-0.3, -0.25) is 49.9 Å². The molecule has 6 aliphatic rings. The van der Waals surface area contributed by atoms with Crippen molar-refractivity contribution in [2.45, 2.75) is 122 Å². The zero-order chi connectivity index (χ0) is 66.9. The predicted molar refractivity (Wildman–Crippen MR) is 402 cm³/mol. The van der Waals surface area contributed by atoms with Crippen LogP contribution in [0.3, 0.4) is 0 Å². The number of nitrogens with two attached hydrogens (primary N) is 2. The predicted octanol–water partition coefficient (Wildman–Crippen LogP) is 15.7. The molecule has 4 fully saturated rings. The Morgan fingerprint density at radius 2 is 1.28 bits per heavy atom. The number of non-ortho nitro benzene ring substituents is 2. The number of fused-ring (bicyclic) bond motifs is 6. The van der Waals surface area contributed by atoms with Gasteiger partial charge < -0.3 is 35.9 Å². The lowest BCUT2D eigenvalue weighted by Gasteiger charge is -2.29. The Kier molecular flexibility index (Phi) is 30.7. The Labute approximate surface area is 585 Å². The number of carbonyl (C=O) groups excluding carboxylic acids is 2.